The van der Waals surface area contributed by atoms with Crippen molar-refractivity contribution >= 4 is 28.5 Å². The first kappa shape index (κ1) is 29.1. The highest BCUT2D eigenvalue weighted by atomic mass is 19.1. The Kier molecular flexibility index (Phi) is 7.66. The second-order valence-electron chi connectivity index (χ2n) is 13.7. The van der Waals surface area contributed by atoms with Gasteiger partial charge >= 0.3 is 0 Å². The predicted molar refractivity (Wildman–Crippen MR) is 164 cm³/mol. The number of nitrogens with zero attached hydrogens (tertiary/aromatic N) is 3. The third-order valence-electron chi connectivity index (χ3n) is 11.1. The molecule has 8 atom stereocenters. The molecule has 8 unspecified atom stereocenters. The van der Waals surface area contributed by atoms with E-state index in [0.29, 0.717) is 39.4 Å². The van der Waals surface area contributed by atoms with Crippen molar-refractivity contribution in [3.63, 3.8) is 0 Å². The molecule has 2 aliphatic carbocycles. The first-order valence-electron chi connectivity index (χ1n) is 16.7. The number of aromatic amines is 1. The minimum Gasteiger partial charge on any atom is -0.378 e. The van der Waals surface area contributed by atoms with Gasteiger partial charge in [-0.3, -0.25) is 19.3 Å². The Morgan fingerprint density at radius 2 is 1.87 bits per heavy atom. The van der Waals surface area contributed by atoms with Crippen molar-refractivity contribution in [3.8, 4) is 0 Å². The molecule has 3 saturated heterocycles. The number of benzene rings is 1. The van der Waals surface area contributed by atoms with E-state index in [4.69, 9.17) is 9.47 Å². The highest BCUT2D eigenvalue weighted by Crippen LogP contribution is 2.47. The Labute approximate surface area is 262 Å². The van der Waals surface area contributed by atoms with E-state index >= 15 is 4.39 Å². The highest BCUT2D eigenvalue weighted by Gasteiger charge is 2.60. The Hall–Kier alpha value is -3.28. The lowest BCUT2D eigenvalue weighted by Crippen LogP contribution is -2.73. The Bertz CT molecular complexity index is 1500. The van der Waals surface area contributed by atoms with E-state index in [9.17, 15) is 14.4 Å². The van der Waals surface area contributed by atoms with Gasteiger partial charge in [-0.1, -0.05) is 31.0 Å². The fraction of sp³-hybridized carbons (Fsp3) is 0.618. The second kappa shape index (κ2) is 11.8. The van der Waals surface area contributed by atoms with Gasteiger partial charge in [-0.2, -0.15) is 0 Å². The minimum absolute atomic E-state index is 0.0438. The van der Waals surface area contributed by atoms with Gasteiger partial charge in [-0.15, -0.1) is 0 Å². The van der Waals surface area contributed by atoms with Crippen LogP contribution in [0.1, 0.15) is 44.1 Å². The zero-order chi connectivity index (χ0) is 30.7. The molecule has 2 N–H and O–H groups in total. The van der Waals surface area contributed by atoms with Gasteiger partial charge in [-0.05, 0) is 37.3 Å². The number of para-hydroxylation sites is 1. The molecule has 6 aliphatic rings. The maximum absolute atomic E-state index is 16.4. The van der Waals surface area contributed by atoms with E-state index in [2.05, 4.69) is 20.1 Å². The number of halogens is 1. The Morgan fingerprint density at radius 3 is 2.73 bits per heavy atom. The summed E-state index contributed by atoms with van der Waals surface area (Å²) in [5, 5.41) is 4.24. The third kappa shape index (κ3) is 5.16. The van der Waals surface area contributed by atoms with Gasteiger partial charge in [0.1, 0.15) is 6.17 Å². The summed E-state index contributed by atoms with van der Waals surface area (Å²) in [6.45, 7) is 3.02. The van der Waals surface area contributed by atoms with Crippen LogP contribution in [-0.4, -0.2) is 119 Å². The average Bonchev–Trinajstić information content (AvgIpc) is 3.69. The minimum atomic E-state index is -1.28. The molecule has 0 bridgehead atoms. The second-order valence-corrected chi connectivity index (χ2v) is 13.7. The number of likely N-dealkylation sites (tertiary alicyclic amines) is 1. The molecule has 0 radical (unpaired) electrons. The quantitative estimate of drug-likeness (QED) is 0.495. The van der Waals surface area contributed by atoms with Crippen LogP contribution in [0, 0.1) is 5.92 Å². The summed E-state index contributed by atoms with van der Waals surface area (Å²) in [6.07, 6.45) is 6.90. The van der Waals surface area contributed by atoms with Crippen LogP contribution >= 0.6 is 0 Å². The normalized spacial score (nSPS) is 35.1. The molecule has 1 aromatic carbocycles. The average molecular weight is 620 g/mol. The molecule has 45 heavy (non-hydrogen) atoms. The van der Waals surface area contributed by atoms with Gasteiger partial charge < -0.3 is 29.6 Å². The number of fused-ring (bicyclic) bond motifs is 3. The predicted octanol–water partition coefficient (Wildman–Crippen LogP) is 2.33. The van der Waals surface area contributed by atoms with Gasteiger partial charge in [0.15, 0.2) is 5.78 Å². The lowest BCUT2D eigenvalue weighted by molar-refractivity contribution is -0.210. The molecule has 1 aromatic heterocycles. The molecule has 240 valence electrons. The number of aromatic nitrogens is 1. The van der Waals surface area contributed by atoms with Crippen molar-refractivity contribution in [1.82, 2.24) is 25.0 Å². The zero-order valence-electron chi connectivity index (χ0n) is 25.5. The molecule has 5 fully saturated rings. The van der Waals surface area contributed by atoms with Crippen LogP contribution in [0.5, 0.6) is 0 Å². The van der Waals surface area contributed by atoms with Crippen LogP contribution in [0.4, 0.5) is 4.39 Å². The fourth-order valence-corrected chi connectivity index (χ4v) is 8.99. The van der Waals surface area contributed by atoms with Crippen LogP contribution in [0.25, 0.3) is 10.9 Å². The number of rotatable bonds is 5. The first-order valence-corrected chi connectivity index (χ1v) is 16.7. The summed E-state index contributed by atoms with van der Waals surface area (Å²) in [6, 6.07) is 7.13. The van der Waals surface area contributed by atoms with E-state index < -0.39 is 24.2 Å². The lowest BCUT2D eigenvalue weighted by Gasteiger charge is -2.60. The molecule has 2 amide bonds. The summed E-state index contributed by atoms with van der Waals surface area (Å²) in [5.74, 6) is -1.18. The molecule has 11 heteroatoms. The lowest BCUT2D eigenvalue weighted by atomic mass is 9.69. The van der Waals surface area contributed by atoms with Crippen molar-refractivity contribution in [1.29, 1.82) is 0 Å². The van der Waals surface area contributed by atoms with Crippen LogP contribution in [0.3, 0.4) is 0 Å². The van der Waals surface area contributed by atoms with E-state index in [-0.39, 0.29) is 60.2 Å². The van der Waals surface area contributed by atoms with Crippen LogP contribution in [0.2, 0.25) is 0 Å². The smallest absolute Gasteiger partial charge is 0.259 e. The fourth-order valence-electron chi connectivity index (χ4n) is 8.99. The molecular formula is C34H42FN5O5. The number of hydrogen-bond acceptors (Lipinski definition) is 7. The summed E-state index contributed by atoms with van der Waals surface area (Å²) in [5.41, 5.74) is 2.15. The van der Waals surface area contributed by atoms with Crippen molar-refractivity contribution < 1.29 is 28.2 Å². The van der Waals surface area contributed by atoms with Gasteiger partial charge in [-0.25, -0.2) is 4.39 Å². The summed E-state index contributed by atoms with van der Waals surface area (Å²) in [4.78, 5) is 49.9. The molecule has 5 heterocycles. The number of H-pyrrole nitrogens is 1. The van der Waals surface area contributed by atoms with Gasteiger partial charge in [0.05, 0.1) is 55.5 Å². The maximum Gasteiger partial charge on any atom is 0.259 e. The third-order valence-corrected chi connectivity index (χ3v) is 11.1. The van der Waals surface area contributed by atoms with Crippen molar-refractivity contribution in [2.75, 3.05) is 39.4 Å². The van der Waals surface area contributed by atoms with Gasteiger partial charge in [0.25, 0.3) is 5.91 Å². The number of amides is 2. The van der Waals surface area contributed by atoms with E-state index in [1.165, 1.54) is 0 Å². The number of Topliss-reactive ketones (excluding diaryl/α,β-unsaturated/α-hetero) is 1. The van der Waals surface area contributed by atoms with Crippen molar-refractivity contribution in [2.45, 2.75) is 87.5 Å². The van der Waals surface area contributed by atoms with E-state index in [0.717, 1.165) is 48.6 Å². The summed E-state index contributed by atoms with van der Waals surface area (Å²) in [7, 11) is 0. The van der Waals surface area contributed by atoms with Crippen LogP contribution in [0.15, 0.2) is 42.2 Å². The highest BCUT2D eigenvalue weighted by molar-refractivity contribution is 6.20. The summed E-state index contributed by atoms with van der Waals surface area (Å²) >= 11 is 0. The molecular weight excluding hydrogens is 577 g/mol. The van der Waals surface area contributed by atoms with Crippen molar-refractivity contribution in [3.05, 3.63) is 47.8 Å². The molecule has 2 saturated carbocycles. The molecule has 10 nitrogen and oxygen atoms in total. The van der Waals surface area contributed by atoms with Gasteiger partial charge in [0.2, 0.25) is 5.91 Å². The number of carbonyl (C=O) groups is 3. The van der Waals surface area contributed by atoms with Gasteiger partial charge in [0, 0.05) is 61.4 Å². The number of alkyl halides is 1. The topological polar surface area (TPSA) is 107 Å². The standard InChI is InChI=1S/C34H42FN5O5/c35-25-16-23-30-33(31(25)39-10-9-21(18-39)37-29(41)15-20-17-36-26-6-2-1-5-22(20)26)45-28-8-4-3-7-27(28)40(30)19-24(32(23)42)34(43)38-11-13-44-14-12-38/h1-2,5-6,17,19,21,23,25,27-28,30-31,33,36H,3-4,7-16,18H2,(H,37,41). The van der Waals surface area contributed by atoms with Crippen LogP contribution in [-0.2, 0) is 30.3 Å². The number of ketones is 1. The molecule has 2 aromatic rings. The van der Waals surface area contributed by atoms with Crippen molar-refractivity contribution in [2.24, 2.45) is 5.92 Å². The SMILES string of the molecule is O=C(Cc1c[nH]c2ccccc12)NC1CCN(C2C(F)CC3C(=O)C(C(=O)N4CCOCC4)=CN4C5CCCCC5OC2C34)C1. The Balaban J connectivity index is 1.01. The number of morpholine rings is 2. The monoisotopic (exact) mass is 619 g/mol. The molecule has 8 rings (SSSR count). The number of nitrogens with one attached hydrogen (secondary N) is 2. The Morgan fingerprint density at radius 1 is 1.04 bits per heavy atom. The molecule has 0 spiro atoms. The first-order chi connectivity index (χ1) is 22.0. The summed E-state index contributed by atoms with van der Waals surface area (Å²) < 4.78 is 28.6. The largest absolute Gasteiger partial charge is 0.378 e. The maximum atomic E-state index is 16.4. The van der Waals surface area contributed by atoms with E-state index in [1.54, 1.807) is 4.90 Å². The number of carbonyl (C=O) groups excluding carboxylic acids is 3. The number of ether oxygens (including phenoxy) is 2. The molecule has 4 aliphatic heterocycles. The van der Waals surface area contributed by atoms with Crippen LogP contribution < -0.4 is 5.32 Å². The zero-order valence-corrected chi connectivity index (χ0v) is 25.5. The van der Waals surface area contributed by atoms with E-state index in [1.807, 2.05) is 36.7 Å². The number of hydrogen-bond donors (Lipinski definition) is 2.